The van der Waals surface area contributed by atoms with Crippen LogP contribution in [-0.4, -0.2) is 54.3 Å². The van der Waals surface area contributed by atoms with Crippen LogP contribution in [0.25, 0.3) is 0 Å². The number of nitrogens with zero attached hydrogens (tertiary/aromatic N) is 1. The molecule has 20 heavy (non-hydrogen) atoms. The standard InChI is InChI=1S/C16H30BrNO2/c1-18(14-16(19)8-10-20-11-9-16)13-15(12-17)6-4-2-3-5-7-15/h19H,2-14H2,1H3. The van der Waals surface area contributed by atoms with Crippen molar-refractivity contribution < 1.29 is 9.84 Å². The molecule has 3 nitrogen and oxygen atoms in total. The maximum atomic E-state index is 10.6. The zero-order chi connectivity index (χ0) is 14.5. The van der Waals surface area contributed by atoms with Crippen LogP contribution in [0.15, 0.2) is 0 Å². The molecule has 1 N–H and O–H groups in total. The van der Waals surface area contributed by atoms with Crippen molar-refractivity contribution in [2.45, 2.75) is 57.0 Å². The van der Waals surface area contributed by atoms with Crippen LogP contribution >= 0.6 is 15.9 Å². The molecular formula is C16H30BrNO2. The molecule has 2 fully saturated rings. The predicted molar refractivity (Wildman–Crippen MR) is 86.4 cm³/mol. The molecule has 1 heterocycles. The van der Waals surface area contributed by atoms with Crippen LogP contribution in [-0.2, 0) is 4.74 Å². The Morgan fingerprint density at radius 3 is 2.15 bits per heavy atom. The van der Waals surface area contributed by atoms with Gasteiger partial charge in [-0.05, 0) is 25.3 Å². The largest absolute Gasteiger partial charge is 0.388 e. The van der Waals surface area contributed by atoms with Crippen molar-refractivity contribution in [1.82, 2.24) is 4.90 Å². The summed E-state index contributed by atoms with van der Waals surface area (Å²) < 4.78 is 5.37. The molecule has 1 saturated carbocycles. The van der Waals surface area contributed by atoms with Gasteiger partial charge < -0.3 is 14.7 Å². The normalized spacial score (nSPS) is 26.4. The van der Waals surface area contributed by atoms with E-state index in [1.165, 1.54) is 38.5 Å². The molecule has 1 saturated heterocycles. The molecule has 0 unspecified atom stereocenters. The monoisotopic (exact) mass is 347 g/mol. The van der Waals surface area contributed by atoms with Crippen LogP contribution < -0.4 is 0 Å². The summed E-state index contributed by atoms with van der Waals surface area (Å²) >= 11 is 3.76. The maximum absolute atomic E-state index is 10.6. The van der Waals surface area contributed by atoms with E-state index in [-0.39, 0.29) is 0 Å². The summed E-state index contributed by atoms with van der Waals surface area (Å²) in [7, 11) is 2.17. The van der Waals surface area contributed by atoms with Gasteiger partial charge in [0.05, 0.1) is 5.60 Å². The molecule has 0 aromatic heterocycles. The molecule has 2 rings (SSSR count). The fraction of sp³-hybridized carbons (Fsp3) is 1.00. The minimum Gasteiger partial charge on any atom is -0.388 e. The molecule has 0 amide bonds. The summed E-state index contributed by atoms with van der Waals surface area (Å²) in [5, 5.41) is 11.7. The van der Waals surface area contributed by atoms with Crippen LogP contribution in [0.3, 0.4) is 0 Å². The van der Waals surface area contributed by atoms with Gasteiger partial charge in [0.2, 0.25) is 0 Å². The summed E-state index contributed by atoms with van der Waals surface area (Å²) in [6.07, 6.45) is 9.69. The van der Waals surface area contributed by atoms with Gasteiger partial charge in [0, 0.05) is 44.5 Å². The van der Waals surface area contributed by atoms with Gasteiger partial charge in [-0.1, -0.05) is 41.6 Å². The van der Waals surface area contributed by atoms with Crippen molar-refractivity contribution >= 4 is 15.9 Å². The minimum absolute atomic E-state index is 0.410. The van der Waals surface area contributed by atoms with Gasteiger partial charge >= 0.3 is 0 Å². The Morgan fingerprint density at radius 1 is 1.00 bits per heavy atom. The van der Waals surface area contributed by atoms with Crippen molar-refractivity contribution in [3.63, 3.8) is 0 Å². The zero-order valence-electron chi connectivity index (χ0n) is 12.9. The minimum atomic E-state index is -0.536. The summed E-state index contributed by atoms with van der Waals surface area (Å²) in [5.41, 5.74) is -0.127. The van der Waals surface area contributed by atoms with Gasteiger partial charge in [0.15, 0.2) is 0 Å². The number of ether oxygens (including phenoxy) is 1. The van der Waals surface area contributed by atoms with Gasteiger partial charge in [0.1, 0.15) is 0 Å². The molecule has 118 valence electrons. The third-order valence-electron chi connectivity index (χ3n) is 5.04. The molecule has 0 aromatic carbocycles. The second-order valence-electron chi connectivity index (χ2n) is 7.06. The second kappa shape index (κ2) is 7.57. The first kappa shape index (κ1) is 16.7. The van der Waals surface area contributed by atoms with Crippen LogP contribution in [0.5, 0.6) is 0 Å². The Bertz CT molecular complexity index is 284. The quantitative estimate of drug-likeness (QED) is 0.612. The highest BCUT2D eigenvalue weighted by atomic mass is 79.9. The molecule has 4 heteroatoms. The Morgan fingerprint density at radius 2 is 1.60 bits per heavy atom. The smallest absolute Gasteiger partial charge is 0.0817 e. The molecule has 0 atom stereocenters. The van der Waals surface area contributed by atoms with E-state index in [4.69, 9.17) is 4.74 Å². The van der Waals surface area contributed by atoms with Gasteiger partial charge in [0.25, 0.3) is 0 Å². The van der Waals surface area contributed by atoms with E-state index in [0.29, 0.717) is 18.6 Å². The predicted octanol–water partition coefficient (Wildman–Crippen LogP) is 3.20. The lowest BCUT2D eigenvalue weighted by atomic mass is 9.81. The first-order valence-electron chi connectivity index (χ1n) is 8.12. The van der Waals surface area contributed by atoms with E-state index in [2.05, 4.69) is 27.9 Å². The lowest BCUT2D eigenvalue weighted by molar-refractivity contribution is -0.0801. The SMILES string of the molecule is CN(CC1(O)CCOCC1)CC1(CBr)CCCCCC1. The van der Waals surface area contributed by atoms with Crippen LogP contribution in [0.2, 0.25) is 0 Å². The van der Waals surface area contributed by atoms with Crippen LogP contribution in [0, 0.1) is 5.41 Å². The van der Waals surface area contributed by atoms with Gasteiger partial charge in [-0.25, -0.2) is 0 Å². The number of rotatable bonds is 5. The number of hydrogen-bond acceptors (Lipinski definition) is 3. The highest BCUT2D eigenvalue weighted by molar-refractivity contribution is 9.09. The van der Waals surface area contributed by atoms with Gasteiger partial charge in [-0.2, -0.15) is 0 Å². The number of alkyl halides is 1. The van der Waals surface area contributed by atoms with Gasteiger partial charge in [-0.15, -0.1) is 0 Å². The maximum Gasteiger partial charge on any atom is 0.0817 e. The molecule has 0 aromatic rings. The second-order valence-corrected chi connectivity index (χ2v) is 7.62. The highest BCUT2D eigenvalue weighted by Gasteiger charge is 2.35. The van der Waals surface area contributed by atoms with Crippen LogP contribution in [0.4, 0.5) is 0 Å². The summed E-state index contributed by atoms with van der Waals surface area (Å²) in [4.78, 5) is 2.36. The lowest BCUT2D eigenvalue weighted by Gasteiger charge is -2.40. The third-order valence-corrected chi connectivity index (χ3v) is 6.23. The lowest BCUT2D eigenvalue weighted by Crippen LogP contribution is -2.48. The molecule has 0 bridgehead atoms. The number of aliphatic hydroxyl groups is 1. The number of hydrogen-bond donors (Lipinski definition) is 1. The van der Waals surface area contributed by atoms with E-state index in [1.54, 1.807) is 0 Å². The number of halogens is 1. The first-order valence-corrected chi connectivity index (χ1v) is 9.24. The summed E-state index contributed by atoms with van der Waals surface area (Å²) in [6, 6.07) is 0. The zero-order valence-corrected chi connectivity index (χ0v) is 14.5. The Balaban J connectivity index is 1.89. The van der Waals surface area contributed by atoms with E-state index in [0.717, 1.165) is 31.3 Å². The molecule has 1 aliphatic carbocycles. The molecule has 0 spiro atoms. The average molecular weight is 348 g/mol. The molecular weight excluding hydrogens is 318 g/mol. The van der Waals surface area contributed by atoms with Crippen molar-refractivity contribution in [1.29, 1.82) is 0 Å². The fourth-order valence-electron chi connectivity index (χ4n) is 3.85. The van der Waals surface area contributed by atoms with Crippen molar-refractivity contribution in [2.75, 3.05) is 38.7 Å². The summed E-state index contributed by atoms with van der Waals surface area (Å²) in [6.45, 7) is 3.29. The Kier molecular flexibility index (Phi) is 6.33. The fourth-order valence-corrected chi connectivity index (χ4v) is 4.59. The van der Waals surface area contributed by atoms with E-state index in [9.17, 15) is 5.11 Å². The molecule has 2 aliphatic rings. The Labute approximate surface area is 132 Å². The highest BCUT2D eigenvalue weighted by Crippen LogP contribution is 2.37. The van der Waals surface area contributed by atoms with Crippen LogP contribution in [0.1, 0.15) is 51.4 Å². The third kappa shape index (κ3) is 4.69. The molecule has 0 radical (unpaired) electrons. The van der Waals surface area contributed by atoms with Crippen molar-refractivity contribution in [2.24, 2.45) is 5.41 Å². The average Bonchev–Trinajstić information content (AvgIpc) is 2.65. The Hall–Kier alpha value is 0.360. The van der Waals surface area contributed by atoms with Crippen molar-refractivity contribution in [3.05, 3.63) is 0 Å². The first-order chi connectivity index (χ1) is 9.58. The van der Waals surface area contributed by atoms with Gasteiger partial charge in [-0.3, -0.25) is 0 Å². The topological polar surface area (TPSA) is 32.7 Å². The van der Waals surface area contributed by atoms with E-state index in [1.807, 2.05) is 0 Å². The van der Waals surface area contributed by atoms with E-state index < -0.39 is 5.60 Å². The molecule has 1 aliphatic heterocycles. The van der Waals surface area contributed by atoms with E-state index >= 15 is 0 Å². The van der Waals surface area contributed by atoms with Crippen molar-refractivity contribution in [3.8, 4) is 0 Å². The summed E-state index contributed by atoms with van der Waals surface area (Å²) in [5.74, 6) is 0. The number of likely N-dealkylation sites (N-methyl/N-ethyl adjacent to an activating group) is 1.